The Morgan fingerprint density at radius 3 is 2.58 bits per heavy atom. The first-order chi connectivity index (χ1) is 11.5. The second-order valence-corrected chi connectivity index (χ2v) is 5.70. The van der Waals surface area contributed by atoms with Crippen molar-refractivity contribution in [3.05, 3.63) is 42.0 Å². The fraction of sp³-hybridized carbons (Fsp3) is 0.389. The molecule has 1 N–H and O–H groups in total. The van der Waals surface area contributed by atoms with Crippen LogP contribution in [-0.4, -0.2) is 41.8 Å². The number of nitrogens with zero attached hydrogens (tertiary/aromatic N) is 1. The molecule has 1 aliphatic rings. The lowest BCUT2D eigenvalue weighted by Gasteiger charge is -2.32. The molecule has 1 heterocycles. The highest BCUT2D eigenvalue weighted by Gasteiger charge is 2.24. The summed E-state index contributed by atoms with van der Waals surface area (Å²) < 4.78 is 5.01. The van der Waals surface area contributed by atoms with Crippen LogP contribution in [0.15, 0.2) is 36.4 Å². The Kier molecular flexibility index (Phi) is 6.12. The molecule has 0 atom stereocenters. The van der Waals surface area contributed by atoms with E-state index < -0.39 is 5.97 Å². The number of ether oxygens (including phenoxy) is 1. The van der Waals surface area contributed by atoms with E-state index in [1.54, 1.807) is 42.2 Å². The number of hydrogen-bond acceptors (Lipinski definition) is 4. The number of rotatable bonds is 4. The number of allylic oxidation sites excluding steroid dienone is 1. The van der Waals surface area contributed by atoms with E-state index in [4.69, 9.17) is 4.74 Å². The zero-order chi connectivity index (χ0) is 17.5. The fourth-order valence-corrected chi connectivity index (χ4v) is 2.67. The highest BCUT2D eigenvalue weighted by Crippen LogP contribution is 2.18. The van der Waals surface area contributed by atoms with E-state index in [1.165, 1.54) is 13.0 Å². The first-order valence-corrected chi connectivity index (χ1v) is 8.00. The number of esters is 1. The Bertz CT molecular complexity index is 646. The smallest absolute Gasteiger partial charge is 0.308 e. The quantitative estimate of drug-likeness (QED) is 0.520. The van der Waals surface area contributed by atoms with Crippen LogP contribution >= 0.6 is 0 Å². The van der Waals surface area contributed by atoms with Crippen molar-refractivity contribution in [1.29, 1.82) is 0 Å². The van der Waals surface area contributed by atoms with Gasteiger partial charge in [0.15, 0.2) is 0 Å². The van der Waals surface area contributed by atoms with Gasteiger partial charge in [0.25, 0.3) is 5.91 Å². The van der Waals surface area contributed by atoms with E-state index in [1.807, 2.05) is 0 Å². The van der Waals surface area contributed by atoms with Crippen LogP contribution in [0.1, 0.15) is 37.0 Å². The lowest BCUT2D eigenvalue weighted by atomic mass is 10.0. The summed E-state index contributed by atoms with van der Waals surface area (Å²) in [5.74, 6) is -0.252. The van der Waals surface area contributed by atoms with Crippen LogP contribution in [0, 0.1) is 0 Å². The average molecular weight is 330 g/mol. The molecule has 2 rings (SSSR count). The second kappa shape index (κ2) is 8.29. The molecule has 0 bridgehead atoms. The predicted octanol–water partition coefficient (Wildman–Crippen LogP) is 1.91. The van der Waals surface area contributed by atoms with Crippen molar-refractivity contribution < 1.29 is 19.1 Å². The third kappa shape index (κ3) is 4.94. The zero-order valence-corrected chi connectivity index (χ0v) is 14.0. The molecule has 6 nitrogen and oxygen atoms in total. The molecule has 0 saturated carbocycles. The average Bonchev–Trinajstić information content (AvgIpc) is 2.55. The molecule has 0 unspecified atom stereocenters. The SMILES string of the molecule is C/C=C/C(=O)NC1CCN(C(=O)c2cccc(OC(C)=O)c2)CC1. The van der Waals surface area contributed by atoms with E-state index in [0.29, 0.717) is 24.4 Å². The summed E-state index contributed by atoms with van der Waals surface area (Å²) >= 11 is 0. The third-order valence-corrected chi connectivity index (χ3v) is 3.79. The van der Waals surface area contributed by atoms with Crippen LogP contribution in [0.5, 0.6) is 5.75 Å². The van der Waals surface area contributed by atoms with E-state index in [2.05, 4.69) is 5.32 Å². The summed E-state index contributed by atoms with van der Waals surface area (Å²) in [6.45, 7) is 4.28. The Morgan fingerprint density at radius 1 is 1.25 bits per heavy atom. The Balaban J connectivity index is 1.93. The Hall–Kier alpha value is -2.63. The minimum Gasteiger partial charge on any atom is -0.427 e. The summed E-state index contributed by atoms with van der Waals surface area (Å²) in [7, 11) is 0. The van der Waals surface area contributed by atoms with Gasteiger partial charge in [-0.3, -0.25) is 14.4 Å². The number of carbonyl (C=O) groups is 3. The maximum atomic E-state index is 12.6. The highest BCUT2D eigenvalue weighted by molar-refractivity contribution is 5.95. The van der Waals surface area contributed by atoms with Crippen molar-refractivity contribution in [2.45, 2.75) is 32.7 Å². The summed E-state index contributed by atoms with van der Waals surface area (Å²) in [6, 6.07) is 6.69. The van der Waals surface area contributed by atoms with Gasteiger partial charge in [0, 0.05) is 31.6 Å². The van der Waals surface area contributed by atoms with Gasteiger partial charge in [-0.25, -0.2) is 0 Å². The topological polar surface area (TPSA) is 75.7 Å². The third-order valence-electron chi connectivity index (χ3n) is 3.79. The van der Waals surface area contributed by atoms with Gasteiger partial charge in [-0.1, -0.05) is 12.1 Å². The van der Waals surface area contributed by atoms with E-state index >= 15 is 0 Å². The molecule has 1 aliphatic heterocycles. The normalized spacial score (nSPS) is 15.3. The van der Waals surface area contributed by atoms with Crippen LogP contribution in [-0.2, 0) is 9.59 Å². The molecule has 128 valence electrons. The van der Waals surface area contributed by atoms with Gasteiger partial charge in [-0.05, 0) is 44.0 Å². The summed E-state index contributed by atoms with van der Waals surface area (Å²) in [6.07, 6.45) is 4.64. The number of piperidine rings is 1. The molecular formula is C18H22N2O4. The predicted molar refractivity (Wildman–Crippen MR) is 89.6 cm³/mol. The zero-order valence-electron chi connectivity index (χ0n) is 14.0. The second-order valence-electron chi connectivity index (χ2n) is 5.70. The van der Waals surface area contributed by atoms with Gasteiger partial charge in [-0.15, -0.1) is 0 Å². The molecule has 6 heteroatoms. The molecule has 0 aromatic heterocycles. The first-order valence-electron chi connectivity index (χ1n) is 8.00. The standard InChI is InChI=1S/C18H22N2O4/c1-3-5-17(22)19-15-8-10-20(11-9-15)18(23)14-6-4-7-16(12-14)24-13(2)21/h3-7,12,15H,8-11H2,1-2H3,(H,19,22)/b5-3+. The van der Waals surface area contributed by atoms with E-state index in [0.717, 1.165) is 12.8 Å². The molecule has 2 amide bonds. The number of hydrogen-bond donors (Lipinski definition) is 1. The number of amides is 2. The van der Waals surface area contributed by atoms with Crippen LogP contribution < -0.4 is 10.1 Å². The minimum absolute atomic E-state index is 0.0881. The van der Waals surface area contributed by atoms with Crippen molar-refractivity contribution >= 4 is 17.8 Å². The fourth-order valence-electron chi connectivity index (χ4n) is 2.67. The molecule has 0 aliphatic carbocycles. The largest absolute Gasteiger partial charge is 0.427 e. The van der Waals surface area contributed by atoms with E-state index in [-0.39, 0.29) is 17.9 Å². The van der Waals surface area contributed by atoms with E-state index in [9.17, 15) is 14.4 Å². The molecule has 1 saturated heterocycles. The number of carbonyl (C=O) groups excluding carboxylic acids is 3. The molecule has 0 spiro atoms. The number of likely N-dealkylation sites (tertiary alicyclic amines) is 1. The maximum absolute atomic E-state index is 12.6. The summed E-state index contributed by atoms with van der Waals surface area (Å²) in [5.41, 5.74) is 0.491. The van der Waals surface area contributed by atoms with Crippen molar-refractivity contribution in [3.63, 3.8) is 0 Å². The van der Waals surface area contributed by atoms with Crippen LogP contribution in [0.25, 0.3) is 0 Å². The molecule has 1 aromatic carbocycles. The minimum atomic E-state index is -0.419. The summed E-state index contributed by atoms with van der Waals surface area (Å²) in [4.78, 5) is 36.9. The van der Waals surface area contributed by atoms with Gasteiger partial charge in [0.2, 0.25) is 5.91 Å². The van der Waals surface area contributed by atoms with Gasteiger partial charge >= 0.3 is 5.97 Å². The lowest BCUT2D eigenvalue weighted by Crippen LogP contribution is -2.46. The van der Waals surface area contributed by atoms with Gasteiger partial charge < -0.3 is 15.0 Å². The van der Waals surface area contributed by atoms with Gasteiger partial charge in [-0.2, -0.15) is 0 Å². The maximum Gasteiger partial charge on any atom is 0.308 e. The van der Waals surface area contributed by atoms with Crippen molar-refractivity contribution in [1.82, 2.24) is 10.2 Å². The molecule has 0 radical (unpaired) electrons. The molecule has 1 aromatic rings. The molecule has 24 heavy (non-hydrogen) atoms. The summed E-state index contributed by atoms with van der Waals surface area (Å²) in [5, 5.41) is 2.93. The van der Waals surface area contributed by atoms with Crippen molar-refractivity contribution in [2.24, 2.45) is 0 Å². The van der Waals surface area contributed by atoms with Crippen molar-refractivity contribution in [2.75, 3.05) is 13.1 Å². The van der Waals surface area contributed by atoms with Crippen molar-refractivity contribution in [3.8, 4) is 5.75 Å². The van der Waals surface area contributed by atoms with Crippen LogP contribution in [0.4, 0.5) is 0 Å². The molecular weight excluding hydrogens is 308 g/mol. The van der Waals surface area contributed by atoms with Gasteiger partial charge in [0.05, 0.1) is 0 Å². The first kappa shape index (κ1) is 17.7. The lowest BCUT2D eigenvalue weighted by molar-refractivity contribution is -0.131. The van der Waals surface area contributed by atoms with Crippen LogP contribution in [0.3, 0.4) is 0 Å². The Labute approximate surface area is 141 Å². The van der Waals surface area contributed by atoms with Gasteiger partial charge in [0.1, 0.15) is 5.75 Å². The number of nitrogens with one attached hydrogen (secondary N) is 1. The molecule has 1 fully saturated rings. The number of benzene rings is 1. The Morgan fingerprint density at radius 2 is 1.96 bits per heavy atom. The monoisotopic (exact) mass is 330 g/mol. The van der Waals surface area contributed by atoms with Crippen LogP contribution in [0.2, 0.25) is 0 Å². The highest BCUT2D eigenvalue weighted by atomic mass is 16.5.